The van der Waals surface area contributed by atoms with Gasteiger partial charge in [0.2, 0.25) is 0 Å². The predicted molar refractivity (Wildman–Crippen MR) is 84.6 cm³/mol. The molecule has 0 aliphatic heterocycles. The molecule has 0 heterocycles. The van der Waals surface area contributed by atoms with E-state index >= 15 is 0 Å². The van der Waals surface area contributed by atoms with Crippen LogP contribution in [0.1, 0.15) is 27.0 Å². The van der Waals surface area contributed by atoms with E-state index in [2.05, 4.69) is 15.9 Å². The normalized spacial score (nSPS) is 10.5. The van der Waals surface area contributed by atoms with Gasteiger partial charge in [0.05, 0.1) is 12.7 Å². The summed E-state index contributed by atoms with van der Waals surface area (Å²) in [6.07, 6.45) is 0.144. The van der Waals surface area contributed by atoms with E-state index in [1.807, 2.05) is 19.9 Å². The van der Waals surface area contributed by atoms with Gasteiger partial charge < -0.3 is 4.74 Å². The molecule has 0 spiro atoms. The summed E-state index contributed by atoms with van der Waals surface area (Å²) < 4.78 is 19.5. The van der Waals surface area contributed by atoms with Gasteiger partial charge in [-0.05, 0) is 48.7 Å². The monoisotopic (exact) mass is 350 g/mol. The number of ether oxygens (including phenoxy) is 1. The fourth-order valence-corrected chi connectivity index (χ4v) is 2.91. The van der Waals surface area contributed by atoms with Crippen molar-refractivity contribution >= 4 is 21.7 Å². The number of carbonyl (C=O) groups excluding carboxylic acids is 1. The molecule has 2 aromatic rings. The minimum Gasteiger partial charge on any atom is -0.496 e. The van der Waals surface area contributed by atoms with Crippen LogP contribution in [-0.2, 0) is 6.42 Å². The van der Waals surface area contributed by atoms with Gasteiger partial charge in [0, 0.05) is 10.9 Å². The molecule has 21 heavy (non-hydrogen) atoms. The van der Waals surface area contributed by atoms with Crippen LogP contribution in [0, 0.1) is 19.7 Å². The third kappa shape index (κ3) is 3.32. The van der Waals surface area contributed by atoms with E-state index in [0.29, 0.717) is 16.9 Å². The molecule has 4 heteroatoms. The van der Waals surface area contributed by atoms with Crippen molar-refractivity contribution in [3.8, 4) is 5.75 Å². The van der Waals surface area contributed by atoms with Crippen molar-refractivity contribution in [2.45, 2.75) is 20.3 Å². The number of Topliss-reactive ketones (excluding diaryl/α,β-unsaturated/α-hetero) is 1. The largest absolute Gasteiger partial charge is 0.496 e. The Bertz CT molecular complexity index is 695. The molecule has 0 atom stereocenters. The zero-order chi connectivity index (χ0) is 15.6. The first-order valence-corrected chi connectivity index (χ1v) is 7.34. The summed E-state index contributed by atoms with van der Waals surface area (Å²) in [6.45, 7) is 3.76. The zero-order valence-corrected chi connectivity index (χ0v) is 13.8. The molecule has 2 rings (SSSR count). The average Bonchev–Trinajstić information content (AvgIpc) is 2.42. The number of methoxy groups -OCH3 is 1. The van der Waals surface area contributed by atoms with Gasteiger partial charge in [-0.3, -0.25) is 4.79 Å². The Morgan fingerprint density at radius 1 is 1.29 bits per heavy atom. The van der Waals surface area contributed by atoms with E-state index in [-0.39, 0.29) is 18.0 Å². The lowest BCUT2D eigenvalue weighted by molar-refractivity contribution is 0.0989. The maximum atomic E-state index is 13.2. The van der Waals surface area contributed by atoms with Gasteiger partial charge in [-0.15, -0.1) is 0 Å². The lowest BCUT2D eigenvalue weighted by Gasteiger charge is -2.15. The van der Waals surface area contributed by atoms with E-state index < -0.39 is 0 Å². The van der Waals surface area contributed by atoms with Crippen molar-refractivity contribution in [2.75, 3.05) is 7.11 Å². The summed E-state index contributed by atoms with van der Waals surface area (Å²) in [6, 6.07) is 8.02. The Balaban J connectivity index is 2.43. The molecule has 0 unspecified atom stereocenters. The number of hydrogen-bond donors (Lipinski definition) is 0. The number of halogens is 2. The lowest BCUT2D eigenvalue weighted by atomic mass is 9.96. The number of rotatable bonds is 4. The van der Waals surface area contributed by atoms with Crippen LogP contribution in [0.2, 0.25) is 0 Å². The molecule has 0 aliphatic rings. The summed E-state index contributed by atoms with van der Waals surface area (Å²) in [5, 5.41) is 0. The van der Waals surface area contributed by atoms with Gasteiger partial charge in [-0.1, -0.05) is 28.1 Å². The Morgan fingerprint density at radius 2 is 2.00 bits per heavy atom. The van der Waals surface area contributed by atoms with Gasteiger partial charge in [-0.25, -0.2) is 4.39 Å². The topological polar surface area (TPSA) is 26.3 Å². The number of aryl methyl sites for hydroxylation is 1. The third-order valence-electron chi connectivity index (χ3n) is 3.40. The molecule has 0 N–H and O–H groups in total. The van der Waals surface area contributed by atoms with Crippen LogP contribution in [0.3, 0.4) is 0 Å². The van der Waals surface area contributed by atoms with Crippen molar-refractivity contribution in [2.24, 2.45) is 0 Å². The summed E-state index contributed by atoms with van der Waals surface area (Å²) >= 11 is 3.46. The molecule has 0 aliphatic carbocycles. The minimum atomic E-state index is -0.339. The van der Waals surface area contributed by atoms with Crippen LogP contribution in [0.5, 0.6) is 5.75 Å². The highest BCUT2D eigenvalue weighted by atomic mass is 79.9. The second-order valence-electron chi connectivity index (χ2n) is 4.94. The van der Waals surface area contributed by atoms with Crippen LogP contribution in [0.4, 0.5) is 4.39 Å². The Kier molecular flexibility index (Phi) is 4.78. The summed E-state index contributed by atoms with van der Waals surface area (Å²) in [5.41, 5.74) is 2.92. The maximum Gasteiger partial charge on any atom is 0.171 e. The van der Waals surface area contributed by atoms with Crippen LogP contribution < -0.4 is 4.74 Å². The van der Waals surface area contributed by atoms with Gasteiger partial charge >= 0.3 is 0 Å². The van der Waals surface area contributed by atoms with Crippen molar-refractivity contribution in [1.82, 2.24) is 0 Å². The highest BCUT2D eigenvalue weighted by Crippen LogP contribution is 2.33. The molecule has 110 valence electrons. The molecule has 0 bridgehead atoms. The Labute approximate surface area is 132 Å². The second kappa shape index (κ2) is 6.39. The molecular weight excluding hydrogens is 335 g/mol. The fraction of sp³-hybridized carbons (Fsp3) is 0.235. The highest BCUT2D eigenvalue weighted by molar-refractivity contribution is 9.10. The smallest absolute Gasteiger partial charge is 0.171 e. The molecule has 2 aromatic carbocycles. The fourth-order valence-electron chi connectivity index (χ4n) is 2.37. The van der Waals surface area contributed by atoms with Gasteiger partial charge in [0.15, 0.2) is 5.78 Å². The number of carbonyl (C=O) groups is 1. The van der Waals surface area contributed by atoms with Crippen molar-refractivity contribution in [3.63, 3.8) is 0 Å². The Morgan fingerprint density at radius 3 is 2.62 bits per heavy atom. The van der Waals surface area contributed by atoms with E-state index in [1.165, 1.54) is 12.1 Å². The summed E-state index contributed by atoms with van der Waals surface area (Å²) in [7, 11) is 1.55. The lowest BCUT2D eigenvalue weighted by Crippen LogP contribution is -2.10. The number of hydrogen-bond acceptors (Lipinski definition) is 2. The third-order valence-corrected chi connectivity index (χ3v) is 4.22. The van der Waals surface area contributed by atoms with Crippen LogP contribution >= 0.6 is 15.9 Å². The molecule has 0 aromatic heterocycles. The van der Waals surface area contributed by atoms with Crippen molar-refractivity contribution in [3.05, 3.63) is 62.9 Å². The quantitative estimate of drug-likeness (QED) is 0.751. The van der Waals surface area contributed by atoms with Gasteiger partial charge in [0.25, 0.3) is 0 Å². The van der Waals surface area contributed by atoms with E-state index in [9.17, 15) is 9.18 Å². The molecule has 0 fully saturated rings. The first-order valence-electron chi connectivity index (χ1n) is 6.55. The van der Waals surface area contributed by atoms with Gasteiger partial charge in [-0.2, -0.15) is 0 Å². The zero-order valence-electron chi connectivity index (χ0n) is 12.2. The SMILES string of the molecule is COc1c(C)cc(Br)c(C)c1C(=O)Cc1cccc(F)c1. The Hall–Kier alpha value is -1.68. The number of ketones is 1. The second-order valence-corrected chi connectivity index (χ2v) is 5.79. The van der Waals surface area contributed by atoms with Crippen molar-refractivity contribution < 1.29 is 13.9 Å². The highest BCUT2D eigenvalue weighted by Gasteiger charge is 2.20. The molecular formula is C17H16BrFO2. The van der Waals surface area contributed by atoms with Crippen molar-refractivity contribution in [1.29, 1.82) is 0 Å². The standard InChI is InChI=1S/C17H16BrFO2/c1-10-7-14(18)11(2)16(17(10)21-3)15(20)9-12-5-4-6-13(19)8-12/h4-8H,9H2,1-3H3. The summed E-state index contributed by atoms with van der Waals surface area (Å²) in [4.78, 5) is 12.6. The summed E-state index contributed by atoms with van der Waals surface area (Å²) in [5.74, 6) is 0.158. The molecule has 0 radical (unpaired) electrons. The molecule has 0 saturated heterocycles. The molecule has 0 saturated carbocycles. The van der Waals surface area contributed by atoms with Crippen LogP contribution in [-0.4, -0.2) is 12.9 Å². The average molecular weight is 351 g/mol. The number of benzene rings is 2. The first-order chi connectivity index (χ1) is 9.93. The van der Waals surface area contributed by atoms with E-state index in [0.717, 1.165) is 15.6 Å². The first kappa shape index (κ1) is 15.7. The van der Waals surface area contributed by atoms with Crippen LogP contribution in [0.25, 0.3) is 0 Å². The predicted octanol–water partition coefficient (Wildman–Crippen LogP) is 4.64. The van der Waals surface area contributed by atoms with Crippen LogP contribution in [0.15, 0.2) is 34.8 Å². The maximum absolute atomic E-state index is 13.2. The van der Waals surface area contributed by atoms with E-state index in [4.69, 9.17) is 4.74 Å². The molecule has 2 nitrogen and oxygen atoms in total. The minimum absolute atomic E-state index is 0.0839. The van der Waals surface area contributed by atoms with Gasteiger partial charge in [0.1, 0.15) is 11.6 Å². The van der Waals surface area contributed by atoms with E-state index in [1.54, 1.807) is 19.2 Å². The molecule has 0 amide bonds.